The molecule has 192 valence electrons. The fraction of sp³-hybridized carbons (Fsp3) is 0.241. The summed E-state index contributed by atoms with van der Waals surface area (Å²) in [5, 5.41) is 5.44. The molecule has 5 nitrogen and oxygen atoms in total. The van der Waals surface area contributed by atoms with Crippen LogP contribution in [0.2, 0.25) is 10.0 Å². The van der Waals surface area contributed by atoms with E-state index in [4.69, 9.17) is 23.2 Å². The molecule has 2 amide bonds. The average Bonchev–Trinajstić information content (AvgIpc) is 3.13. The Bertz CT molecular complexity index is 1350. The highest BCUT2D eigenvalue weighted by Gasteiger charge is 2.24. The molecule has 0 unspecified atom stereocenters. The van der Waals surface area contributed by atoms with Crippen molar-refractivity contribution in [3.8, 4) is 0 Å². The number of carbonyl (C=O) groups excluding carboxylic acids is 1. The van der Waals surface area contributed by atoms with Crippen LogP contribution in [-0.2, 0) is 13.1 Å². The Hall–Kier alpha value is -2.93. The Morgan fingerprint density at radius 2 is 1.70 bits per heavy atom. The second kappa shape index (κ2) is 12.1. The highest BCUT2D eigenvalue weighted by molar-refractivity contribution is 7.99. The molecule has 0 aliphatic heterocycles. The van der Waals surface area contributed by atoms with E-state index in [2.05, 4.69) is 35.6 Å². The van der Waals surface area contributed by atoms with Crippen molar-refractivity contribution in [2.45, 2.75) is 49.7 Å². The first-order valence-corrected chi connectivity index (χ1v) is 13.6. The first kappa shape index (κ1) is 27.1. The predicted octanol–water partition coefficient (Wildman–Crippen LogP) is 8.17. The zero-order chi connectivity index (χ0) is 26.5. The summed E-state index contributed by atoms with van der Waals surface area (Å²) in [6.45, 7) is 7.58. The Morgan fingerprint density at radius 1 is 1.05 bits per heavy atom. The second-order valence-electron chi connectivity index (χ2n) is 9.14. The summed E-state index contributed by atoms with van der Waals surface area (Å²) >= 11 is 14.3. The van der Waals surface area contributed by atoms with E-state index in [-0.39, 0.29) is 11.9 Å². The van der Waals surface area contributed by atoms with Gasteiger partial charge in [-0.2, -0.15) is 0 Å². The summed E-state index contributed by atoms with van der Waals surface area (Å²) in [6.07, 6.45) is 3.61. The van der Waals surface area contributed by atoms with Crippen LogP contribution in [0.1, 0.15) is 42.1 Å². The van der Waals surface area contributed by atoms with E-state index in [0.29, 0.717) is 23.1 Å². The van der Waals surface area contributed by atoms with Crippen molar-refractivity contribution in [1.82, 2.24) is 14.9 Å². The molecule has 0 spiro atoms. The number of anilines is 1. The number of nitrogens with one attached hydrogen (secondary N) is 1. The third-order valence-corrected chi connectivity index (χ3v) is 7.77. The smallest absolute Gasteiger partial charge is 0.321 e. The number of hydrogen-bond acceptors (Lipinski definition) is 3. The van der Waals surface area contributed by atoms with E-state index in [9.17, 15) is 4.79 Å². The van der Waals surface area contributed by atoms with Gasteiger partial charge in [-0.1, -0.05) is 67.0 Å². The van der Waals surface area contributed by atoms with E-state index in [0.717, 1.165) is 32.4 Å². The van der Waals surface area contributed by atoms with E-state index < -0.39 is 0 Å². The molecule has 0 saturated heterocycles. The SMILES string of the molecule is Cc1c(CNC(=O)N(C)c2ccccc2)c(C(C)C)c(Sc2cc(Cl)cc(Cl)c2)n1Cc1ccncc1. The number of aromatic nitrogens is 2. The highest BCUT2D eigenvalue weighted by Crippen LogP contribution is 2.41. The molecule has 0 atom stereocenters. The molecule has 0 radical (unpaired) electrons. The molecule has 37 heavy (non-hydrogen) atoms. The summed E-state index contributed by atoms with van der Waals surface area (Å²) in [4.78, 5) is 19.8. The minimum atomic E-state index is -0.155. The maximum Gasteiger partial charge on any atom is 0.321 e. The fourth-order valence-electron chi connectivity index (χ4n) is 4.32. The third kappa shape index (κ3) is 6.50. The number of rotatable bonds is 8. The molecule has 8 heteroatoms. The van der Waals surface area contributed by atoms with Crippen molar-refractivity contribution in [2.24, 2.45) is 0 Å². The number of urea groups is 1. The molecule has 2 aromatic carbocycles. The van der Waals surface area contributed by atoms with Gasteiger partial charge in [0.15, 0.2) is 0 Å². The summed E-state index contributed by atoms with van der Waals surface area (Å²) in [5.41, 5.74) is 5.42. The van der Waals surface area contributed by atoms with E-state index in [1.54, 1.807) is 29.8 Å². The molecule has 0 aliphatic carbocycles. The van der Waals surface area contributed by atoms with Gasteiger partial charge < -0.3 is 9.88 Å². The number of para-hydroxylation sites is 1. The van der Waals surface area contributed by atoms with Crippen molar-refractivity contribution in [3.63, 3.8) is 0 Å². The molecule has 4 rings (SSSR count). The molecule has 4 aromatic rings. The standard InChI is InChI=1S/C29H30Cl2N4OS/c1-19(2)27-26(17-33-29(36)34(4)24-8-6-5-7-9-24)20(3)35(18-21-10-12-32-13-11-21)28(27)37-25-15-22(30)14-23(31)16-25/h5-16,19H,17-18H2,1-4H3,(H,33,36). The lowest BCUT2D eigenvalue weighted by molar-refractivity contribution is 0.247. The Kier molecular flexibility index (Phi) is 8.85. The van der Waals surface area contributed by atoms with Crippen LogP contribution in [0.15, 0.2) is 83.0 Å². The lowest BCUT2D eigenvalue weighted by Gasteiger charge is -2.19. The van der Waals surface area contributed by atoms with Crippen LogP contribution in [0.5, 0.6) is 0 Å². The molecule has 0 bridgehead atoms. The highest BCUT2D eigenvalue weighted by atomic mass is 35.5. The summed E-state index contributed by atoms with van der Waals surface area (Å²) < 4.78 is 2.31. The third-order valence-electron chi connectivity index (χ3n) is 6.22. The van der Waals surface area contributed by atoms with Gasteiger partial charge in [-0.3, -0.25) is 9.88 Å². The van der Waals surface area contributed by atoms with Crippen LogP contribution in [0, 0.1) is 6.92 Å². The number of amides is 2. The second-order valence-corrected chi connectivity index (χ2v) is 11.1. The van der Waals surface area contributed by atoms with Gasteiger partial charge in [-0.05, 0) is 72.0 Å². The monoisotopic (exact) mass is 552 g/mol. The molecule has 0 aliphatic rings. The zero-order valence-electron chi connectivity index (χ0n) is 21.3. The lowest BCUT2D eigenvalue weighted by Crippen LogP contribution is -2.37. The largest absolute Gasteiger partial charge is 0.335 e. The van der Waals surface area contributed by atoms with Crippen LogP contribution < -0.4 is 10.2 Å². The van der Waals surface area contributed by atoms with Gasteiger partial charge in [0, 0.05) is 58.9 Å². The van der Waals surface area contributed by atoms with Gasteiger partial charge in [0.2, 0.25) is 0 Å². The van der Waals surface area contributed by atoms with Gasteiger partial charge in [0.1, 0.15) is 0 Å². The van der Waals surface area contributed by atoms with Crippen molar-refractivity contribution >= 4 is 46.7 Å². The molecule has 2 heterocycles. The average molecular weight is 554 g/mol. The van der Waals surface area contributed by atoms with Crippen molar-refractivity contribution in [1.29, 1.82) is 0 Å². The lowest BCUT2D eigenvalue weighted by atomic mass is 10.0. The molecule has 0 saturated carbocycles. The van der Waals surface area contributed by atoms with Crippen LogP contribution in [-0.4, -0.2) is 22.6 Å². The normalized spacial score (nSPS) is 11.1. The van der Waals surface area contributed by atoms with Crippen LogP contribution in [0.3, 0.4) is 0 Å². The number of carbonyl (C=O) groups is 1. The molecular weight excluding hydrogens is 523 g/mol. The van der Waals surface area contributed by atoms with Crippen LogP contribution in [0.4, 0.5) is 10.5 Å². The van der Waals surface area contributed by atoms with E-state index in [1.165, 1.54) is 5.56 Å². The molecule has 2 aromatic heterocycles. The molecular formula is C29H30Cl2N4OS. The van der Waals surface area contributed by atoms with Crippen LogP contribution >= 0.6 is 35.0 Å². The molecule has 1 N–H and O–H groups in total. The number of nitrogens with zero attached hydrogens (tertiary/aromatic N) is 3. The minimum Gasteiger partial charge on any atom is -0.335 e. The van der Waals surface area contributed by atoms with Gasteiger partial charge in [-0.15, -0.1) is 0 Å². The molecule has 0 fully saturated rings. The first-order chi connectivity index (χ1) is 17.7. The van der Waals surface area contributed by atoms with Gasteiger partial charge in [0.25, 0.3) is 0 Å². The summed E-state index contributed by atoms with van der Waals surface area (Å²) in [5.74, 6) is 0.230. The topological polar surface area (TPSA) is 50.2 Å². The summed E-state index contributed by atoms with van der Waals surface area (Å²) in [6, 6.07) is 19.1. The van der Waals surface area contributed by atoms with E-state index >= 15 is 0 Å². The Balaban J connectivity index is 1.72. The number of hydrogen-bond donors (Lipinski definition) is 1. The van der Waals surface area contributed by atoms with E-state index in [1.807, 2.05) is 67.0 Å². The number of halogens is 2. The fourth-order valence-corrected chi connectivity index (χ4v) is 6.36. The minimum absolute atomic E-state index is 0.155. The Labute approximate surface area is 232 Å². The number of benzene rings is 2. The van der Waals surface area contributed by atoms with Crippen molar-refractivity contribution < 1.29 is 4.79 Å². The van der Waals surface area contributed by atoms with Crippen molar-refractivity contribution in [2.75, 3.05) is 11.9 Å². The summed E-state index contributed by atoms with van der Waals surface area (Å²) in [7, 11) is 1.78. The zero-order valence-corrected chi connectivity index (χ0v) is 23.7. The quantitative estimate of drug-likeness (QED) is 0.240. The van der Waals surface area contributed by atoms with Crippen LogP contribution in [0.25, 0.3) is 0 Å². The maximum atomic E-state index is 13.0. The van der Waals surface area contributed by atoms with Crippen molar-refractivity contribution in [3.05, 3.63) is 105 Å². The predicted molar refractivity (Wildman–Crippen MR) is 154 cm³/mol. The maximum absolute atomic E-state index is 13.0. The Morgan fingerprint density at radius 3 is 2.32 bits per heavy atom. The van der Waals surface area contributed by atoms with Gasteiger partial charge in [-0.25, -0.2) is 4.79 Å². The van der Waals surface area contributed by atoms with Gasteiger partial charge >= 0.3 is 6.03 Å². The van der Waals surface area contributed by atoms with Gasteiger partial charge in [0.05, 0.1) is 5.03 Å². The first-order valence-electron chi connectivity index (χ1n) is 12.1. The number of pyridine rings is 1.